The van der Waals surface area contributed by atoms with E-state index in [1.165, 1.54) is 12.5 Å². The van der Waals surface area contributed by atoms with Gasteiger partial charge in [-0.2, -0.15) is 0 Å². The zero-order valence-electron chi connectivity index (χ0n) is 11.7. The van der Waals surface area contributed by atoms with Crippen LogP contribution in [0.2, 0.25) is 0 Å². The van der Waals surface area contributed by atoms with Crippen molar-refractivity contribution < 1.29 is 19.2 Å². The van der Waals surface area contributed by atoms with Crippen LogP contribution in [0.4, 0.5) is 0 Å². The van der Waals surface area contributed by atoms with Crippen LogP contribution < -0.4 is 5.32 Å². The first kappa shape index (κ1) is 14.8. The molecule has 8 nitrogen and oxygen atoms in total. The Morgan fingerprint density at radius 2 is 2.24 bits per heavy atom. The number of rotatable bonds is 6. The van der Waals surface area contributed by atoms with E-state index >= 15 is 0 Å². The molecule has 1 atom stereocenters. The molecule has 3 N–H and O–H groups in total. The molecule has 1 amide bonds. The fraction of sp³-hybridized carbons (Fsp3) is 0.385. The van der Waals surface area contributed by atoms with Crippen LogP contribution in [0, 0.1) is 13.8 Å². The quantitative estimate of drug-likeness (QED) is 0.707. The number of aromatic amines is 1. The van der Waals surface area contributed by atoms with Crippen molar-refractivity contribution in [3.8, 4) is 0 Å². The van der Waals surface area contributed by atoms with Crippen LogP contribution in [0.15, 0.2) is 17.0 Å². The molecule has 0 aliphatic rings. The average molecular weight is 292 g/mol. The second kappa shape index (κ2) is 6.21. The third-order valence-electron chi connectivity index (χ3n) is 3.13. The number of aliphatic carboxylic acids is 1. The maximum atomic E-state index is 12.0. The molecular formula is C13H16N4O4. The lowest BCUT2D eigenvalue weighted by atomic mass is 10.1. The van der Waals surface area contributed by atoms with Gasteiger partial charge in [-0.1, -0.05) is 5.16 Å². The highest BCUT2D eigenvalue weighted by Crippen LogP contribution is 2.12. The van der Waals surface area contributed by atoms with Crippen molar-refractivity contribution in [2.75, 3.05) is 0 Å². The highest BCUT2D eigenvalue weighted by Gasteiger charge is 2.22. The number of amides is 1. The summed E-state index contributed by atoms with van der Waals surface area (Å²) in [7, 11) is 0. The molecule has 0 radical (unpaired) electrons. The Morgan fingerprint density at radius 3 is 2.76 bits per heavy atom. The van der Waals surface area contributed by atoms with E-state index in [4.69, 9.17) is 4.52 Å². The minimum Gasteiger partial charge on any atom is -0.480 e. The number of nitrogens with zero attached hydrogens (tertiary/aromatic N) is 2. The lowest BCUT2D eigenvalue weighted by Crippen LogP contribution is -2.43. The second-order valence-corrected chi connectivity index (χ2v) is 4.72. The molecule has 0 aliphatic carbocycles. The van der Waals surface area contributed by atoms with Gasteiger partial charge in [0, 0.05) is 23.9 Å². The summed E-state index contributed by atoms with van der Waals surface area (Å²) in [6.45, 7) is 3.44. The van der Waals surface area contributed by atoms with Gasteiger partial charge < -0.3 is 19.9 Å². The number of carboxylic acid groups (broad SMARTS) is 1. The highest BCUT2D eigenvalue weighted by atomic mass is 16.5. The molecule has 0 saturated carbocycles. The number of hydrogen-bond donors (Lipinski definition) is 3. The van der Waals surface area contributed by atoms with E-state index in [1.807, 2.05) is 0 Å². The molecule has 0 saturated heterocycles. The minimum absolute atomic E-state index is 0.0356. The number of carbonyl (C=O) groups excluding carboxylic acids is 1. The predicted molar refractivity (Wildman–Crippen MR) is 71.5 cm³/mol. The van der Waals surface area contributed by atoms with Gasteiger partial charge in [0.1, 0.15) is 11.8 Å². The summed E-state index contributed by atoms with van der Waals surface area (Å²) < 4.78 is 4.97. The molecule has 2 aromatic heterocycles. The molecule has 8 heteroatoms. The summed E-state index contributed by atoms with van der Waals surface area (Å²) in [5, 5.41) is 15.4. The first-order valence-electron chi connectivity index (χ1n) is 6.38. The van der Waals surface area contributed by atoms with Gasteiger partial charge in [0.15, 0.2) is 0 Å². The summed E-state index contributed by atoms with van der Waals surface area (Å²) >= 11 is 0. The van der Waals surface area contributed by atoms with Gasteiger partial charge >= 0.3 is 5.97 Å². The minimum atomic E-state index is -1.10. The highest BCUT2D eigenvalue weighted by molar-refractivity contribution is 5.85. The molecule has 0 aliphatic heterocycles. The number of aryl methyl sites for hydroxylation is 2. The zero-order valence-corrected chi connectivity index (χ0v) is 11.7. The van der Waals surface area contributed by atoms with Crippen molar-refractivity contribution in [3.05, 3.63) is 35.2 Å². The molecule has 2 rings (SSSR count). The van der Waals surface area contributed by atoms with E-state index in [1.54, 1.807) is 13.8 Å². The molecule has 21 heavy (non-hydrogen) atoms. The fourth-order valence-corrected chi connectivity index (χ4v) is 1.98. The topological polar surface area (TPSA) is 121 Å². The molecule has 0 bridgehead atoms. The van der Waals surface area contributed by atoms with Gasteiger partial charge in [-0.15, -0.1) is 0 Å². The second-order valence-electron chi connectivity index (χ2n) is 4.72. The van der Waals surface area contributed by atoms with E-state index in [0.29, 0.717) is 22.7 Å². The summed E-state index contributed by atoms with van der Waals surface area (Å²) in [6, 6.07) is -1.02. The number of nitrogens with one attached hydrogen (secondary N) is 2. The first-order chi connectivity index (χ1) is 9.97. The van der Waals surface area contributed by atoms with Crippen LogP contribution in [0.3, 0.4) is 0 Å². The van der Waals surface area contributed by atoms with E-state index in [2.05, 4.69) is 20.4 Å². The molecule has 0 spiro atoms. The van der Waals surface area contributed by atoms with Crippen molar-refractivity contribution in [3.63, 3.8) is 0 Å². The maximum absolute atomic E-state index is 12.0. The van der Waals surface area contributed by atoms with Gasteiger partial charge in [-0.05, 0) is 13.8 Å². The Bertz CT molecular complexity index is 613. The molecule has 0 unspecified atom stereocenters. The van der Waals surface area contributed by atoms with Crippen molar-refractivity contribution in [2.45, 2.75) is 32.7 Å². The first-order valence-corrected chi connectivity index (χ1v) is 6.38. The molecular weight excluding hydrogens is 276 g/mol. The summed E-state index contributed by atoms with van der Waals surface area (Å²) in [5.74, 6) is -0.934. The number of aromatic nitrogens is 3. The van der Waals surface area contributed by atoms with Crippen molar-refractivity contribution in [1.29, 1.82) is 0 Å². The standard InChI is InChI=1S/C13H16N4O4/c1-7-10(8(2)21-17-7)4-12(18)16-11(13(19)20)3-9-5-14-6-15-9/h5-6,11H,3-4H2,1-2H3,(H,14,15)(H,16,18)(H,19,20)/t11-/m1/s1. The van der Waals surface area contributed by atoms with Gasteiger partial charge in [-0.3, -0.25) is 4.79 Å². The number of H-pyrrole nitrogens is 1. The maximum Gasteiger partial charge on any atom is 0.326 e. The SMILES string of the molecule is Cc1noc(C)c1CC(=O)N[C@H](Cc1cnc[nH]1)C(=O)O. The van der Waals surface area contributed by atoms with Crippen molar-refractivity contribution >= 4 is 11.9 Å². The molecule has 0 aromatic carbocycles. The number of carbonyl (C=O) groups is 2. The third kappa shape index (κ3) is 3.68. The zero-order chi connectivity index (χ0) is 15.4. The van der Waals surface area contributed by atoms with Gasteiger partial charge in [0.05, 0.1) is 18.4 Å². The van der Waals surface area contributed by atoms with Crippen LogP contribution in [0.25, 0.3) is 0 Å². The molecule has 2 aromatic rings. The van der Waals surface area contributed by atoms with Crippen LogP contribution in [-0.4, -0.2) is 38.1 Å². The molecule has 2 heterocycles. The predicted octanol–water partition coefficient (Wildman–Crippen LogP) is 0.369. The summed E-state index contributed by atoms with van der Waals surface area (Å²) in [6.07, 6.45) is 3.16. The lowest BCUT2D eigenvalue weighted by Gasteiger charge is -2.13. The van der Waals surface area contributed by atoms with Gasteiger partial charge in [-0.25, -0.2) is 9.78 Å². The average Bonchev–Trinajstić information content (AvgIpc) is 3.03. The van der Waals surface area contributed by atoms with Crippen molar-refractivity contribution in [1.82, 2.24) is 20.4 Å². The Morgan fingerprint density at radius 1 is 1.48 bits per heavy atom. The van der Waals surface area contributed by atoms with E-state index in [0.717, 1.165) is 0 Å². The Kier molecular flexibility index (Phi) is 4.36. The largest absolute Gasteiger partial charge is 0.480 e. The number of imidazole rings is 1. The van der Waals surface area contributed by atoms with Crippen LogP contribution in [0.1, 0.15) is 22.7 Å². The number of hydrogen-bond acceptors (Lipinski definition) is 5. The lowest BCUT2D eigenvalue weighted by molar-refractivity contribution is -0.141. The smallest absolute Gasteiger partial charge is 0.326 e. The Labute approximate surface area is 120 Å². The monoisotopic (exact) mass is 292 g/mol. The fourth-order valence-electron chi connectivity index (χ4n) is 1.98. The van der Waals surface area contributed by atoms with Gasteiger partial charge in [0.2, 0.25) is 5.91 Å². The van der Waals surface area contributed by atoms with E-state index in [9.17, 15) is 14.7 Å². The Hall–Kier alpha value is -2.64. The van der Waals surface area contributed by atoms with Crippen LogP contribution >= 0.6 is 0 Å². The van der Waals surface area contributed by atoms with Crippen molar-refractivity contribution in [2.24, 2.45) is 0 Å². The molecule has 112 valence electrons. The van der Waals surface area contributed by atoms with Crippen LogP contribution in [0.5, 0.6) is 0 Å². The van der Waals surface area contributed by atoms with E-state index in [-0.39, 0.29) is 12.8 Å². The van der Waals surface area contributed by atoms with Crippen LogP contribution in [-0.2, 0) is 22.4 Å². The number of carboxylic acids is 1. The normalized spacial score (nSPS) is 12.1. The third-order valence-corrected chi connectivity index (χ3v) is 3.13. The van der Waals surface area contributed by atoms with Gasteiger partial charge in [0.25, 0.3) is 0 Å². The Balaban J connectivity index is 2.00. The summed E-state index contributed by atoms with van der Waals surface area (Å²) in [5.41, 5.74) is 1.95. The van der Waals surface area contributed by atoms with E-state index < -0.39 is 17.9 Å². The molecule has 0 fully saturated rings. The summed E-state index contributed by atoms with van der Waals surface area (Å²) in [4.78, 5) is 29.8.